The van der Waals surface area contributed by atoms with Gasteiger partial charge in [0.2, 0.25) is 0 Å². The maximum Gasteiger partial charge on any atom is 0.256 e. The van der Waals surface area contributed by atoms with Gasteiger partial charge < -0.3 is 15.7 Å². The van der Waals surface area contributed by atoms with Crippen LogP contribution in [0.15, 0.2) is 18.2 Å². The number of carbonyl (C=O) groups excluding carboxylic acids is 1. The SMILES string of the molecule is Nc1cccc2c1C(=O)N(CCCCO)C2. The van der Waals surface area contributed by atoms with E-state index in [-0.39, 0.29) is 12.5 Å². The summed E-state index contributed by atoms with van der Waals surface area (Å²) in [7, 11) is 0. The first-order valence-electron chi connectivity index (χ1n) is 5.51. The summed E-state index contributed by atoms with van der Waals surface area (Å²) in [6, 6.07) is 5.57. The predicted octanol–water partition coefficient (Wildman–Crippen LogP) is 0.997. The van der Waals surface area contributed by atoms with E-state index in [1.54, 1.807) is 11.0 Å². The van der Waals surface area contributed by atoms with E-state index in [4.69, 9.17) is 10.8 Å². The molecule has 1 heterocycles. The van der Waals surface area contributed by atoms with Crippen LogP contribution in [0.5, 0.6) is 0 Å². The highest BCUT2D eigenvalue weighted by molar-refractivity contribution is 6.02. The number of benzene rings is 1. The second-order valence-corrected chi connectivity index (χ2v) is 4.04. The van der Waals surface area contributed by atoms with E-state index in [0.717, 1.165) is 18.4 Å². The van der Waals surface area contributed by atoms with Crippen molar-refractivity contribution in [2.45, 2.75) is 19.4 Å². The third-order valence-corrected chi connectivity index (χ3v) is 2.88. The topological polar surface area (TPSA) is 66.6 Å². The lowest BCUT2D eigenvalue weighted by Gasteiger charge is -2.14. The molecule has 0 unspecified atom stereocenters. The Balaban J connectivity index is 2.09. The van der Waals surface area contributed by atoms with Crippen molar-refractivity contribution >= 4 is 11.6 Å². The molecule has 1 aromatic rings. The molecule has 0 atom stereocenters. The average molecular weight is 220 g/mol. The number of nitrogens with zero attached hydrogens (tertiary/aromatic N) is 1. The Morgan fingerprint density at radius 3 is 2.88 bits per heavy atom. The first-order valence-corrected chi connectivity index (χ1v) is 5.51. The van der Waals surface area contributed by atoms with Gasteiger partial charge in [-0.05, 0) is 24.5 Å². The van der Waals surface area contributed by atoms with Crippen LogP contribution >= 0.6 is 0 Å². The van der Waals surface area contributed by atoms with Gasteiger partial charge in [0, 0.05) is 25.4 Å². The number of aliphatic hydroxyl groups excluding tert-OH is 1. The van der Waals surface area contributed by atoms with Gasteiger partial charge in [-0.2, -0.15) is 0 Å². The maximum atomic E-state index is 12.0. The highest BCUT2D eigenvalue weighted by atomic mass is 16.3. The van der Waals surface area contributed by atoms with E-state index in [0.29, 0.717) is 24.3 Å². The number of aliphatic hydroxyl groups is 1. The summed E-state index contributed by atoms with van der Waals surface area (Å²) < 4.78 is 0. The Morgan fingerprint density at radius 1 is 1.38 bits per heavy atom. The van der Waals surface area contributed by atoms with Crippen LogP contribution in [0.4, 0.5) is 5.69 Å². The number of unbranched alkanes of at least 4 members (excludes halogenated alkanes) is 1. The zero-order valence-corrected chi connectivity index (χ0v) is 9.15. The Labute approximate surface area is 94.7 Å². The minimum absolute atomic E-state index is 0.0195. The zero-order valence-electron chi connectivity index (χ0n) is 9.15. The molecule has 0 aromatic heterocycles. The number of nitrogens with two attached hydrogens (primary N) is 1. The van der Waals surface area contributed by atoms with Crippen molar-refractivity contribution in [1.29, 1.82) is 0 Å². The lowest BCUT2D eigenvalue weighted by molar-refractivity contribution is 0.0773. The normalized spacial score (nSPS) is 14.3. The summed E-state index contributed by atoms with van der Waals surface area (Å²) >= 11 is 0. The summed E-state index contributed by atoms with van der Waals surface area (Å²) in [4.78, 5) is 13.8. The number of rotatable bonds is 4. The summed E-state index contributed by atoms with van der Waals surface area (Å²) in [5, 5.41) is 8.70. The van der Waals surface area contributed by atoms with Crippen LogP contribution in [0, 0.1) is 0 Å². The fourth-order valence-electron chi connectivity index (χ4n) is 2.04. The van der Waals surface area contributed by atoms with E-state index >= 15 is 0 Å². The highest BCUT2D eigenvalue weighted by Gasteiger charge is 2.28. The van der Waals surface area contributed by atoms with Crippen molar-refractivity contribution in [3.8, 4) is 0 Å². The van der Waals surface area contributed by atoms with Gasteiger partial charge in [0.25, 0.3) is 5.91 Å². The van der Waals surface area contributed by atoms with E-state index in [1.165, 1.54) is 0 Å². The van der Waals surface area contributed by atoms with Crippen LogP contribution in [0.3, 0.4) is 0 Å². The average Bonchev–Trinajstić information content (AvgIpc) is 2.58. The van der Waals surface area contributed by atoms with Gasteiger partial charge in [0.05, 0.1) is 5.56 Å². The molecule has 4 heteroatoms. The molecule has 1 aromatic carbocycles. The Hall–Kier alpha value is -1.55. The van der Waals surface area contributed by atoms with Crippen molar-refractivity contribution in [2.75, 3.05) is 18.9 Å². The summed E-state index contributed by atoms with van der Waals surface area (Å²) in [5.41, 5.74) is 8.02. The maximum absolute atomic E-state index is 12.0. The number of nitrogen functional groups attached to an aromatic ring is 1. The van der Waals surface area contributed by atoms with E-state index in [2.05, 4.69) is 0 Å². The van der Waals surface area contributed by atoms with Gasteiger partial charge in [-0.1, -0.05) is 12.1 Å². The monoisotopic (exact) mass is 220 g/mol. The number of hydrogen-bond donors (Lipinski definition) is 2. The first-order chi connectivity index (χ1) is 7.74. The molecule has 0 aliphatic carbocycles. The van der Waals surface area contributed by atoms with E-state index in [9.17, 15) is 4.79 Å². The van der Waals surface area contributed by atoms with Crippen molar-refractivity contribution in [2.24, 2.45) is 0 Å². The van der Waals surface area contributed by atoms with Crippen molar-refractivity contribution < 1.29 is 9.90 Å². The smallest absolute Gasteiger partial charge is 0.256 e. The molecule has 86 valence electrons. The lowest BCUT2D eigenvalue weighted by Crippen LogP contribution is -2.25. The molecule has 2 rings (SSSR count). The van der Waals surface area contributed by atoms with Gasteiger partial charge in [-0.15, -0.1) is 0 Å². The Bertz CT molecular complexity index is 404. The molecule has 0 spiro atoms. The van der Waals surface area contributed by atoms with Crippen LogP contribution in [0.1, 0.15) is 28.8 Å². The van der Waals surface area contributed by atoms with Crippen LogP contribution in [0.25, 0.3) is 0 Å². The molecule has 0 fully saturated rings. The van der Waals surface area contributed by atoms with Crippen LogP contribution in [-0.2, 0) is 6.54 Å². The highest BCUT2D eigenvalue weighted by Crippen LogP contribution is 2.27. The number of hydrogen-bond acceptors (Lipinski definition) is 3. The summed E-state index contributed by atoms with van der Waals surface area (Å²) in [6.07, 6.45) is 1.56. The molecule has 0 saturated carbocycles. The zero-order chi connectivity index (χ0) is 11.5. The standard InChI is InChI=1S/C12H16N2O2/c13-10-5-3-4-9-8-14(6-1-2-7-15)12(16)11(9)10/h3-5,15H,1-2,6-8,13H2. The third-order valence-electron chi connectivity index (χ3n) is 2.88. The molecule has 1 aliphatic rings. The molecule has 4 nitrogen and oxygen atoms in total. The van der Waals surface area contributed by atoms with E-state index in [1.807, 2.05) is 12.1 Å². The van der Waals surface area contributed by atoms with Crippen molar-refractivity contribution in [3.63, 3.8) is 0 Å². The van der Waals surface area contributed by atoms with Gasteiger partial charge in [-0.3, -0.25) is 4.79 Å². The second kappa shape index (κ2) is 4.53. The fourth-order valence-corrected chi connectivity index (χ4v) is 2.04. The molecule has 0 bridgehead atoms. The quantitative estimate of drug-likeness (QED) is 0.587. The minimum Gasteiger partial charge on any atom is -0.398 e. The molecular weight excluding hydrogens is 204 g/mol. The van der Waals surface area contributed by atoms with E-state index < -0.39 is 0 Å². The molecule has 0 saturated heterocycles. The number of anilines is 1. The molecule has 1 amide bonds. The molecule has 16 heavy (non-hydrogen) atoms. The Kier molecular flexibility index (Phi) is 3.10. The van der Waals surface area contributed by atoms with Gasteiger partial charge in [-0.25, -0.2) is 0 Å². The Morgan fingerprint density at radius 2 is 2.19 bits per heavy atom. The molecule has 1 aliphatic heterocycles. The largest absolute Gasteiger partial charge is 0.398 e. The number of fused-ring (bicyclic) bond motifs is 1. The molecule has 3 N–H and O–H groups in total. The van der Waals surface area contributed by atoms with Crippen LogP contribution in [-0.4, -0.2) is 29.1 Å². The van der Waals surface area contributed by atoms with Crippen molar-refractivity contribution in [3.05, 3.63) is 29.3 Å². The predicted molar refractivity (Wildman–Crippen MR) is 61.9 cm³/mol. The molecular formula is C12H16N2O2. The van der Waals surface area contributed by atoms with Gasteiger partial charge in [0.15, 0.2) is 0 Å². The second-order valence-electron chi connectivity index (χ2n) is 4.04. The number of amides is 1. The summed E-state index contributed by atoms with van der Waals surface area (Å²) in [6.45, 7) is 1.51. The molecule has 0 radical (unpaired) electrons. The first kappa shape index (κ1) is 11.0. The number of carbonyl (C=O) groups is 1. The van der Waals surface area contributed by atoms with Gasteiger partial charge in [0.1, 0.15) is 0 Å². The lowest BCUT2D eigenvalue weighted by atomic mass is 10.1. The van der Waals surface area contributed by atoms with Gasteiger partial charge >= 0.3 is 0 Å². The third kappa shape index (κ3) is 1.88. The van der Waals surface area contributed by atoms with Crippen LogP contribution in [0.2, 0.25) is 0 Å². The van der Waals surface area contributed by atoms with Crippen molar-refractivity contribution in [1.82, 2.24) is 4.90 Å². The summed E-state index contributed by atoms with van der Waals surface area (Å²) in [5.74, 6) is 0.0195. The minimum atomic E-state index is 0.0195. The fraction of sp³-hybridized carbons (Fsp3) is 0.417. The van der Waals surface area contributed by atoms with Crippen LogP contribution < -0.4 is 5.73 Å².